The van der Waals surface area contributed by atoms with E-state index in [0.717, 1.165) is 23.4 Å². The van der Waals surface area contributed by atoms with Crippen molar-refractivity contribution in [3.05, 3.63) is 60.0 Å². The van der Waals surface area contributed by atoms with Crippen molar-refractivity contribution in [1.82, 2.24) is 24.8 Å². The summed E-state index contributed by atoms with van der Waals surface area (Å²) in [5.74, 6) is 0.913. The first kappa shape index (κ1) is 21.4. The summed E-state index contributed by atoms with van der Waals surface area (Å²) in [5.41, 5.74) is 1.30. The van der Waals surface area contributed by atoms with Crippen LogP contribution in [-0.2, 0) is 11.3 Å². The first-order valence-corrected chi connectivity index (χ1v) is 11.7. The number of aromatic nitrogens is 3. The maximum absolute atomic E-state index is 12.8. The Kier molecular flexibility index (Phi) is 6.86. The van der Waals surface area contributed by atoms with Gasteiger partial charge in [0.05, 0.1) is 17.9 Å². The first-order chi connectivity index (χ1) is 15.1. The molecular formula is C23H27N5O2S. The summed E-state index contributed by atoms with van der Waals surface area (Å²) in [7, 11) is 1.90. The van der Waals surface area contributed by atoms with Gasteiger partial charge in [-0.3, -0.25) is 14.0 Å². The van der Waals surface area contributed by atoms with Crippen LogP contribution in [0.3, 0.4) is 0 Å². The predicted molar refractivity (Wildman–Crippen MR) is 121 cm³/mol. The number of rotatable bonds is 7. The van der Waals surface area contributed by atoms with Gasteiger partial charge >= 0.3 is 0 Å². The van der Waals surface area contributed by atoms with Gasteiger partial charge in [0.2, 0.25) is 5.91 Å². The van der Waals surface area contributed by atoms with Crippen LogP contribution in [0.4, 0.5) is 0 Å². The summed E-state index contributed by atoms with van der Waals surface area (Å²) in [6.45, 7) is 0.270. The molecule has 0 saturated heterocycles. The van der Waals surface area contributed by atoms with Gasteiger partial charge in [-0.05, 0) is 37.1 Å². The van der Waals surface area contributed by atoms with Crippen LogP contribution in [0, 0.1) is 0 Å². The van der Waals surface area contributed by atoms with E-state index in [-0.39, 0.29) is 18.4 Å². The molecule has 1 fully saturated rings. The minimum atomic E-state index is -0.191. The van der Waals surface area contributed by atoms with Crippen molar-refractivity contribution < 1.29 is 9.59 Å². The summed E-state index contributed by atoms with van der Waals surface area (Å²) >= 11 is 1.42. The second-order valence-electron chi connectivity index (χ2n) is 7.81. The normalized spacial score (nSPS) is 14.5. The zero-order valence-corrected chi connectivity index (χ0v) is 18.5. The van der Waals surface area contributed by atoms with Gasteiger partial charge in [0.25, 0.3) is 5.91 Å². The standard InChI is InChI=1S/C23H27N5O2S/c1-27(17-9-3-2-4-10-17)22(29)16-31-19-12-6-5-11-18(19)23(30)24-15-21-26-25-20-13-7-8-14-28(20)21/h5-8,11-14,17H,2-4,9-10,15-16H2,1H3,(H,24,30). The van der Waals surface area contributed by atoms with Crippen LogP contribution in [0.5, 0.6) is 0 Å². The van der Waals surface area contributed by atoms with Crippen LogP contribution in [0.2, 0.25) is 0 Å². The summed E-state index contributed by atoms with van der Waals surface area (Å²) in [4.78, 5) is 28.2. The van der Waals surface area contributed by atoms with E-state index < -0.39 is 0 Å². The van der Waals surface area contributed by atoms with Gasteiger partial charge < -0.3 is 10.2 Å². The lowest BCUT2D eigenvalue weighted by Crippen LogP contribution is -2.39. The Bertz CT molecular complexity index is 1060. The van der Waals surface area contributed by atoms with Crippen molar-refractivity contribution >= 4 is 29.2 Å². The molecule has 1 saturated carbocycles. The summed E-state index contributed by atoms with van der Waals surface area (Å²) in [5, 5.41) is 11.2. The van der Waals surface area contributed by atoms with E-state index in [1.165, 1.54) is 31.0 Å². The van der Waals surface area contributed by atoms with Gasteiger partial charge in [0, 0.05) is 24.2 Å². The monoisotopic (exact) mass is 437 g/mol. The third kappa shape index (κ3) is 5.07. The van der Waals surface area contributed by atoms with Gasteiger partial charge in [-0.25, -0.2) is 0 Å². The Morgan fingerprint density at radius 2 is 1.87 bits per heavy atom. The van der Waals surface area contributed by atoms with Gasteiger partial charge in [-0.2, -0.15) is 0 Å². The fraction of sp³-hybridized carbons (Fsp3) is 0.391. The Morgan fingerprint density at radius 1 is 1.10 bits per heavy atom. The van der Waals surface area contributed by atoms with Crippen molar-refractivity contribution in [2.75, 3.05) is 12.8 Å². The highest BCUT2D eigenvalue weighted by atomic mass is 32.2. The van der Waals surface area contributed by atoms with Gasteiger partial charge in [-0.15, -0.1) is 22.0 Å². The van der Waals surface area contributed by atoms with E-state index in [1.807, 2.05) is 58.9 Å². The Morgan fingerprint density at radius 3 is 2.71 bits per heavy atom. The molecule has 0 atom stereocenters. The quantitative estimate of drug-likeness (QED) is 0.572. The number of carbonyl (C=O) groups excluding carboxylic acids is 2. The summed E-state index contributed by atoms with van der Waals surface area (Å²) in [6, 6.07) is 13.4. The molecule has 1 N–H and O–H groups in total. The third-order valence-electron chi connectivity index (χ3n) is 5.79. The fourth-order valence-electron chi connectivity index (χ4n) is 3.96. The minimum Gasteiger partial charge on any atom is -0.345 e. The van der Waals surface area contributed by atoms with Crippen molar-refractivity contribution in [3.8, 4) is 0 Å². The number of pyridine rings is 1. The highest BCUT2D eigenvalue weighted by molar-refractivity contribution is 8.00. The molecule has 1 aliphatic carbocycles. The van der Waals surface area contributed by atoms with Gasteiger partial charge in [0.1, 0.15) is 0 Å². The molecule has 2 amide bonds. The number of nitrogens with one attached hydrogen (secondary N) is 1. The van der Waals surface area contributed by atoms with E-state index in [0.29, 0.717) is 23.2 Å². The number of nitrogens with zero attached hydrogens (tertiary/aromatic N) is 4. The molecule has 31 heavy (non-hydrogen) atoms. The number of hydrogen-bond donors (Lipinski definition) is 1. The van der Waals surface area contributed by atoms with Gasteiger partial charge in [0.15, 0.2) is 11.5 Å². The Balaban J connectivity index is 1.37. The number of carbonyl (C=O) groups is 2. The van der Waals surface area contributed by atoms with Crippen LogP contribution in [0.25, 0.3) is 5.65 Å². The Labute approximate surface area is 186 Å². The average Bonchev–Trinajstić information content (AvgIpc) is 3.24. The smallest absolute Gasteiger partial charge is 0.252 e. The molecule has 3 aromatic rings. The van der Waals surface area contributed by atoms with Crippen molar-refractivity contribution in [1.29, 1.82) is 0 Å². The van der Waals surface area contributed by atoms with Crippen molar-refractivity contribution in [3.63, 3.8) is 0 Å². The molecule has 8 heteroatoms. The van der Waals surface area contributed by atoms with Crippen LogP contribution < -0.4 is 5.32 Å². The molecule has 162 valence electrons. The molecule has 1 aliphatic rings. The average molecular weight is 438 g/mol. The maximum atomic E-state index is 12.8. The topological polar surface area (TPSA) is 79.6 Å². The molecule has 1 aromatic carbocycles. The number of thioether (sulfide) groups is 1. The van der Waals surface area contributed by atoms with Gasteiger partial charge in [-0.1, -0.05) is 37.5 Å². The Hall–Kier alpha value is -2.87. The third-order valence-corrected chi connectivity index (χ3v) is 6.85. The minimum absolute atomic E-state index is 0.113. The number of amides is 2. The van der Waals surface area contributed by atoms with E-state index >= 15 is 0 Å². The van der Waals surface area contributed by atoms with Crippen LogP contribution in [0.15, 0.2) is 53.6 Å². The molecule has 4 rings (SSSR count). The lowest BCUT2D eigenvalue weighted by Gasteiger charge is -2.31. The zero-order chi connectivity index (χ0) is 21.6. The number of hydrogen-bond acceptors (Lipinski definition) is 5. The molecule has 0 aliphatic heterocycles. The fourth-order valence-corrected chi connectivity index (χ4v) is 4.93. The predicted octanol–water partition coefficient (Wildman–Crippen LogP) is 3.54. The second-order valence-corrected chi connectivity index (χ2v) is 8.83. The van der Waals surface area contributed by atoms with Crippen LogP contribution in [0.1, 0.15) is 48.3 Å². The molecule has 0 bridgehead atoms. The highest BCUT2D eigenvalue weighted by Gasteiger charge is 2.22. The zero-order valence-electron chi connectivity index (χ0n) is 17.7. The molecule has 0 spiro atoms. The second kappa shape index (κ2) is 9.96. The maximum Gasteiger partial charge on any atom is 0.252 e. The lowest BCUT2D eigenvalue weighted by molar-refractivity contribution is -0.129. The van der Waals surface area contributed by atoms with Crippen LogP contribution in [-0.4, -0.2) is 50.2 Å². The number of fused-ring (bicyclic) bond motifs is 1. The largest absolute Gasteiger partial charge is 0.345 e. The molecule has 2 heterocycles. The van der Waals surface area contributed by atoms with E-state index in [2.05, 4.69) is 15.5 Å². The van der Waals surface area contributed by atoms with Crippen molar-refractivity contribution in [2.24, 2.45) is 0 Å². The molecular weight excluding hydrogens is 410 g/mol. The SMILES string of the molecule is CN(C(=O)CSc1ccccc1C(=O)NCc1nnc2ccccn12)C1CCCCC1. The van der Waals surface area contributed by atoms with E-state index in [1.54, 1.807) is 6.07 Å². The molecule has 0 unspecified atom stereocenters. The lowest BCUT2D eigenvalue weighted by atomic mass is 9.94. The summed E-state index contributed by atoms with van der Waals surface area (Å²) < 4.78 is 1.85. The molecule has 7 nitrogen and oxygen atoms in total. The van der Waals surface area contributed by atoms with Crippen LogP contribution >= 0.6 is 11.8 Å². The van der Waals surface area contributed by atoms with Crippen molar-refractivity contribution in [2.45, 2.75) is 49.6 Å². The number of benzene rings is 1. The molecule has 2 aromatic heterocycles. The van der Waals surface area contributed by atoms with E-state index in [9.17, 15) is 9.59 Å². The first-order valence-electron chi connectivity index (χ1n) is 10.7. The highest BCUT2D eigenvalue weighted by Crippen LogP contribution is 2.25. The van der Waals surface area contributed by atoms with E-state index in [4.69, 9.17) is 0 Å². The summed E-state index contributed by atoms with van der Waals surface area (Å²) in [6.07, 6.45) is 7.70. The molecule has 0 radical (unpaired) electrons.